The summed E-state index contributed by atoms with van der Waals surface area (Å²) in [6.07, 6.45) is 3.74. The van der Waals surface area contributed by atoms with Gasteiger partial charge in [-0.15, -0.1) is 0 Å². The molecule has 5 heteroatoms. The van der Waals surface area contributed by atoms with Gasteiger partial charge >= 0.3 is 7.60 Å². The van der Waals surface area contributed by atoms with Gasteiger partial charge < -0.3 is 13.8 Å². The van der Waals surface area contributed by atoms with E-state index in [2.05, 4.69) is 24.3 Å². The Labute approximate surface area is 127 Å². The molecule has 2 rings (SSSR count). The van der Waals surface area contributed by atoms with Crippen LogP contribution in [-0.2, 0) is 24.8 Å². The van der Waals surface area contributed by atoms with Crippen LogP contribution < -0.4 is 0 Å². The van der Waals surface area contributed by atoms with Crippen LogP contribution in [0.15, 0.2) is 30.3 Å². The van der Waals surface area contributed by atoms with Crippen LogP contribution in [0.5, 0.6) is 0 Å². The summed E-state index contributed by atoms with van der Waals surface area (Å²) in [5.41, 5.74) is 1.33. The predicted molar refractivity (Wildman–Crippen MR) is 83.8 cm³/mol. The second kappa shape index (κ2) is 8.09. The Balaban J connectivity index is 1.68. The number of hydrogen-bond acceptors (Lipinski definition) is 4. The highest BCUT2D eigenvalue weighted by atomic mass is 31.2. The molecule has 118 valence electrons. The van der Waals surface area contributed by atoms with Crippen LogP contribution in [0.1, 0.15) is 32.3 Å². The van der Waals surface area contributed by atoms with Gasteiger partial charge in [0.2, 0.25) is 0 Å². The molecular weight excluding hydrogens is 287 g/mol. The number of aryl methyl sites for hydroxylation is 1. The third-order valence-electron chi connectivity index (χ3n) is 3.59. The molecule has 21 heavy (non-hydrogen) atoms. The zero-order chi connectivity index (χ0) is 15.1. The first kappa shape index (κ1) is 16.7. The van der Waals surface area contributed by atoms with Gasteiger partial charge in [-0.2, -0.15) is 0 Å². The van der Waals surface area contributed by atoms with Crippen molar-refractivity contribution in [2.45, 2.75) is 45.3 Å². The van der Waals surface area contributed by atoms with Gasteiger partial charge in [-0.05, 0) is 38.7 Å². The summed E-state index contributed by atoms with van der Waals surface area (Å²) in [6.45, 7) is 4.50. The van der Waals surface area contributed by atoms with Gasteiger partial charge in [0, 0.05) is 0 Å². The molecular formula is C16H25O4P. The van der Waals surface area contributed by atoms with E-state index in [4.69, 9.17) is 13.8 Å². The van der Waals surface area contributed by atoms with E-state index in [1.807, 2.05) is 19.9 Å². The van der Waals surface area contributed by atoms with Crippen molar-refractivity contribution in [3.63, 3.8) is 0 Å². The number of epoxide rings is 1. The van der Waals surface area contributed by atoms with E-state index in [0.29, 0.717) is 25.5 Å². The SMILES string of the molecule is CCOP(=O)(CCC1OC1CCc1ccccc1)OCC. The molecule has 2 unspecified atom stereocenters. The van der Waals surface area contributed by atoms with Gasteiger partial charge in [-0.25, -0.2) is 0 Å². The van der Waals surface area contributed by atoms with E-state index in [1.165, 1.54) is 5.56 Å². The molecule has 1 fully saturated rings. The summed E-state index contributed by atoms with van der Waals surface area (Å²) in [5.74, 6) is 0. The van der Waals surface area contributed by atoms with Crippen molar-refractivity contribution in [3.8, 4) is 0 Å². The monoisotopic (exact) mass is 312 g/mol. The van der Waals surface area contributed by atoms with Gasteiger partial charge in [-0.3, -0.25) is 4.57 Å². The van der Waals surface area contributed by atoms with E-state index >= 15 is 0 Å². The molecule has 1 saturated heterocycles. The average molecular weight is 312 g/mol. The van der Waals surface area contributed by atoms with Gasteiger partial charge in [-0.1, -0.05) is 30.3 Å². The summed E-state index contributed by atoms with van der Waals surface area (Å²) >= 11 is 0. The molecule has 1 heterocycles. The quantitative estimate of drug-likeness (QED) is 0.483. The Hall–Kier alpha value is -0.670. The molecule has 2 atom stereocenters. The lowest BCUT2D eigenvalue weighted by Gasteiger charge is -2.16. The van der Waals surface area contributed by atoms with Crippen molar-refractivity contribution in [2.75, 3.05) is 19.4 Å². The topological polar surface area (TPSA) is 48.1 Å². The second-order valence-corrected chi connectivity index (χ2v) is 7.38. The van der Waals surface area contributed by atoms with Crippen molar-refractivity contribution in [1.29, 1.82) is 0 Å². The highest BCUT2D eigenvalue weighted by molar-refractivity contribution is 7.53. The van der Waals surface area contributed by atoms with Crippen LogP contribution in [0.3, 0.4) is 0 Å². The Morgan fingerprint density at radius 3 is 2.29 bits per heavy atom. The molecule has 1 aromatic carbocycles. The lowest BCUT2D eigenvalue weighted by molar-refractivity contribution is 0.218. The lowest BCUT2D eigenvalue weighted by atomic mass is 10.1. The zero-order valence-electron chi connectivity index (χ0n) is 12.9. The highest BCUT2D eigenvalue weighted by Gasteiger charge is 2.39. The highest BCUT2D eigenvalue weighted by Crippen LogP contribution is 2.50. The summed E-state index contributed by atoms with van der Waals surface area (Å²) in [4.78, 5) is 0. The van der Waals surface area contributed by atoms with Crippen molar-refractivity contribution < 1.29 is 18.3 Å². The van der Waals surface area contributed by atoms with Gasteiger partial charge in [0.1, 0.15) is 0 Å². The van der Waals surface area contributed by atoms with Gasteiger partial charge in [0.15, 0.2) is 0 Å². The molecule has 0 amide bonds. The van der Waals surface area contributed by atoms with Crippen LogP contribution in [0.2, 0.25) is 0 Å². The normalized spacial score (nSPS) is 21.4. The summed E-state index contributed by atoms with van der Waals surface area (Å²) < 4.78 is 28.6. The molecule has 0 bridgehead atoms. The first-order chi connectivity index (χ1) is 10.2. The molecule has 0 saturated carbocycles. The minimum absolute atomic E-state index is 0.211. The molecule has 1 aliphatic heterocycles. The standard InChI is InChI=1S/C16H25O4P/c1-3-18-21(17,19-4-2)13-12-16-15(20-16)11-10-14-8-6-5-7-9-14/h5-9,15-16H,3-4,10-13H2,1-2H3. The second-order valence-electron chi connectivity index (χ2n) is 5.20. The smallest absolute Gasteiger partial charge is 0.330 e. The summed E-state index contributed by atoms with van der Waals surface area (Å²) in [5, 5.41) is 0. The number of rotatable bonds is 10. The molecule has 0 N–H and O–H groups in total. The number of ether oxygens (including phenoxy) is 1. The Morgan fingerprint density at radius 1 is 1.05 bits per heavy atom. The zero-order valence-corrected chi connectivity index (χ0v) is 13.8. The van der Waals surface area contributed by atoms with E-state index in [-0.39, 0.29) is 6.10 Å². The largest absolute Gasteiger partial charge is 0.370 e. The van der Waals surface area contributed by atoms with E-state index in [0.717, 1.165) is 19.3 Å². The third-order valence-corrected chi connectivity index (χ3v) is 5.70. The molecule has 0 aliphatic carbocycles. The van der Waals surface area contributed by atoms with Crippen molar-refractivity contribution in [1.82, 2.24) is 0 Å². The maximum absolute atomic E-state index is 12.3. The average Bonchev–Trinajstić information content (AvgIpc) is 3.24. The first-order valence-electron chi connectivity index (χ1n) is 7.74. The fourth-order valence-electron chi connectivity index (χ4n) is 2.49. The van der Waals surface area contributed by atoms with Crippen LogP contribution >= 0.6 is 7.60 Å². The summed E-state index contributed by atoms with van der Waals surface area (Å²) in [6, 6.07) is 10.4. The van der Waals surface area contributed by atoms with Gasteiger partial charge in [0.05, 0.1) is 31.6 Å². The van der Waals surface area contributed by atoms with E-state index < -0.39 is 7.60 Å². The number of hydrogen-bond donors (Lipinski definition) is 0. The fourth-order valence-corrected chi connectivity index (χ4v) is 4.18. The first-order valence-corrected chi connectivity index (χ1v) is 9.47. The minimum atomic E-state index is -2.92. The predicted octanol–water partition coefficient (Wildman–Crippen LogP) is 4.04. The Kier molecular flexibility index (Phi) is 6.43. The maximum Gasteiger partial charge on any atom is 0.330 e. The van der Waals surface area contributed by atoms with Crippen molar-refractivity contribution in [2.24, 2.45) is 0 Å². The van der Waals surface area contributed by atoms with E-state index in [1.54, 1.807) is 0 Å². The molecule has 0 aromatic heterocycles. The van der Waals surface area contributed by atoms with Crippen LogP contribution in [0.25, 0.3) is 0 Å². The molecule has 0 spiro atoms. The third kappa shape index (κ3) is 5.55. The Morgan fingerprint density at radius 2 is 1.67 bits per heavy atom. The molecule has 1 aromatic rings. The maximum atomic E-state index is 12.3. The number of benzene rings is 1. The van der Waals surface area contributed by atoms with E-state index in [9.17, 15) is 4.57 Å². The molecule has 4 nitrogen and oxygen atoms in total. The fraction of sp³-hybridized carbons (Fsp3) is 0.625. The molecule has 1 aliphatic rings. The minimum Gasteiger partial charge on any atom is -0.370 e. The van der Waals surface area contributed by atoms with Crippen molar-refractivity contribution in [3.05, 3.63) is 35.9 Å². The summed E-state index contributed by atoms with van der Waals surface area (Å²) in [7, 11) is -2.92. The Bertz CT molecular complexity index is 453. The van der Waals surface area contributed by atoms with Crippen LogP contribution in [0, 0.1) is 0 Å². The molecule has 0 radical (unpaired) electrons. The van der Waals surface area contributed by atoms with Crippen LogP contribution in [-0.4, -0.2) is 31.6 Å². The van der Waals surface area contributed by atoms with Crippen molar-refractivity contribution >= 4 is 7.60 Å². The van der Waals surface area contributed by atoms with Gasteiger partial charge in [0.25, 0.3) is 0 Å². The lowest BCUT2D eigenvalue weighted by Crippen LogP contribution is -2.04. The van der Waals surface area contributed by atoms with Crippen LogP contribution in [0.4, 0.5) is 0 Å².